The van der Waals surface area contributed by atoms with Crippen molar-refractivity contribution in [1.82, 2.24) is 0 Å². The van der Waals surface area contributed by atoms with Gasteiger partial charge in [0.2, 0.25) is 9.84 Å². The third-order valence-corrected chi connectivity index (χ3v) is 21.2. The van der Waals surface area contributed by atoms with E-state index in [9.17, 15) is 39.6 Å². The highest BCUT2D eigenvalue weighted by molar-refractivity contribution is 7.95. The fraction of sp³-hybridized carbons (Fsp3) is 0.147. The summed E-state index contributed by atoms with van der Waals surface area (Å²) in [7, 11) is -4.87. The van der Waals surface area contributed by atoms with Crippen LogP contribution in [0.15, 0.2) is 237 Å². The predicted molar refractivity (Wildman–Crippen MR) is 369 cm³/mol. The lowest BCUT2D eigenvalue weighted by Gasteiger charge is -2.32. The Morgan fingerprint density at radius 3 is 1.39 bits per heavy atom. The first-order chi connectivity index (χ1) is 42.8. The second-order valence-electron chi connectivity index (χ2n) is 22.3. The summed E-state index contributed by atoms with van der Waals surface area (Å²) in [5.74, 6) is 0. The highest BCUT2D eigenvalue weighted by Gasteiger charge is 2.33. The minimum atomic E-state index is -5.05. The Labute approximate surface area is 541 Å². The second-order valence-corrected chi connectivity index (χ2v) is 28.6. The molecule has 9 aromatic carbocycles. The summed E-state index contributed by atoms with van der Waals surface area (Å²) in [4.78, 5) is -1.35. The second kappa shape index (κ2) is 28.3. The molecule has 0 heterocycles. The maximum atomic E-state index is 13.7. The fourth-order valence-electron chi connectivity index (χ4n) is 11.4. The zero-order chi connectivity index (χ0) is 64.8. The predicted octanol–water partition coefficient (Wildman–Crippen LogP) is 8.84. The molecule has 0 aliphatic rings. The van der Waals surface area contributed by atoms with E-state index in [1.807, 2.05) is 44.0 Å². The molecule has 0 saturated carbocycles. The van der Waals surface area contributed by atoms with Crippen molar-refractivity contribution in [2.75, 3.05) is 0 Å². The van der Waals surface area contributed by atoms with Gasteiger partial charge in [0.1, 0.15) is 14.6 Å². The molecule has 9 rings (SSSR count). The summed E-state index contributed by atoms with van der Waals surface area (Å²) in [5.41, 5.74) is 13.7. The van der Waals surface area contributed by atoms with Crippen molar-refractivity contribution < 1.29 is 53.5 Å². The van der Waals surface area contributed by atoms with E-state index in [4.69, 9.17) is 5.26 Å². The van der Waals surface area contributed by atoms with Gasteiger partial charge in [-0.25, -0.2) is 18.9 Å². The molecule has 0 amide bonds. The van der Waals surface area contributed by atoms with Crippen LogP contribution in [0.3, 0.4) is 0 Å². The molecule has 0 bridgehead atoms. The average Bonchev–Trinajstić information content (AvgIpc) is 0.799. The summed E-state index contributed by atoms with van der Waals surface area (Å²) < 4.78 is 109. The Morgan fingerprint density at radius 1 is 0.467 bits per heavy atom. The zero-order valence-electron chi connectivity index (χ0n) is 50.3. The van der Waals surface area contributed by atoms with Crippen LogP contribution < -0.4 is 43.7 Å². The van der Waals surface area contributed by atoms with Gasteiger partial charge in [-0.2, -0.15) is 25.5 Å². The van der Waals surface area contributed by atoms with Gasteiger partial charge in [0.05, 0.1) is 43.7 Å². The number of benzene rings is 9. The summed E-state index contributed by atoms with van der Waals surface area (Å²) in [6.07, 6.45) is 4.86. The van der Waals surface area contributed by atoms with Crippen molar-refractivity contribution in [3.63, 3.8) is 0 Å². The molecule has 12 nitrogen and oxygen atoms in total. The molecule has 0 aliphatic heterocycles. The first-order valence-electron chi connectivity index (χ1n) is 28.5. The Hall–Kier alpha value is -6.91. The normalized spacial score (nSPS) is 12.1. The standard InChI is InChI=1S/C68H62B5O12S5/c1-9-11-46-37-54(71-53-26-20-50(21-27-53)68(6,48-16-22-51(69-7)23-17-48)49-18-24-52(70-8)25-19-49)28-32-58(46)67(4,5)59-33-29-55(38-47(59)12-10-2)72-61-35-15-45(40-65(61)89(78,79)80)44-14-34-60(64(39-44)87-85-75)73-62-36-31-57(42-66(62)90(81,82)83)88(76,77)56-30-13-43(3)63(41-56)86-84-74/h9-10,13-42,74-75H,1-2,11-12H2,3-8H3,(H,78,79,80)(H,81,82,83). The van der Waals surface area contributed by atoms with Gasteiger partial charge in [-0.3, -0.25) is 9.11 Å². The quantitative estimate of drug-likeness (QED) is 0.00762. The van der Waals surface area contributed by atoms with Crippen LogP contribution in [0.5, 0.6) is 0 Å². The van der Waals surface area contributed by atoms with Crippen LogP contribution in [-0.2, 0) is 62.4 Å². The summed E-state index contributed by atoms with van der Waals surface area (Å²) >= 11 is 1.00. The largest absolute Gasteiger partial charge is 0.294 e. The van der Waals surface area contributed by atoms with Gasteiger partial charge in [0, 0.05) is 20.6 Å². The van der Waals surface area contributed by atoms with E-state index in [1.165, 1.54) is 77.4 Å². The van der Waals surface area contributed by atoms with E-state index in [1.54, 1.807) is 32.4 Å². The Balaban J connectivity index is 0.960. The first kappa shape index (κ1) is 67.5. The van der Waals surface area contributed by atoms with Gasteiger partial charge in [0.25, 0.3) is 20.2 Å². The van der Waals surface area contributed by atoms with E-state index in [0.717, 1.165) is 45.3 Å². The van der Waals surface area contributed by atoms with E-state index >= 15 is 0 Å². The van der Waals surface area contributed by atoms with Crippen molar-refractivity contribution in [2.24, 2.45) is 0 Å². The lowest BCUT2D eigenvalue weighted by molar-refractivity contribution is -0.116. The molecule has 0 spiro atoms. The number of rotatable bonds is 26. The van der Waals surface area contributed by atoms with E-state index in [0.29, 0.717) is 59.1 Å². The van der Waals surface area contributed by atoms with Gasteiger partial charge in [-0.1, -0.05) is 229 Å². The maximum absolute atomic E-state index is 13.7. The molecular formula is C68H62B5O12S5. The van der Waals surface area contributed by atoms with Crippen molar-refractivity contribution in [2.45, 2.75) is 94.4 Å². The Kier molecular flexibility index (Phi) is 21.2. The smallest absolute Gasteiger partial charge is 0.282 e. The molecule has 0 aromatic heterocycles. The average molecular weight is 1290 g/mol. The first-order valence-corrected chi connectivity index (χ1v) is 34.3. The van der Waals surface area contributed by atoms with E-state index in [2.05, 4.69) is 155 Å². The molecule has 4 N–H and O–H groups in total. The van der Waals surface area contributed by atoms with Crippen LogP contribution in [0, 0.1) is 6.92 Å². The molecule has 90 heavy (non-hydrogen) atoms. The van der Waals surface area contributed by atoms with Gasteiger partial charge in [0.15, 0.2) is 21.8 Å². The fourth-order valence-corrected chi connectivity index (χ4v) is 15.2. The summed E-state index contributed by atoms with van der Waals surface area (Å²) in [6.45, 7) is 20.6. The topological polar surface area (TPSA) is 202 Å². The number of aryl methyl sites for hydroxylation is 1. The monoisotopic (exact) mass is 1290 g/mol. The van der Waals surface area contributed by atoms with Crippen LogP contribution in [0.1, 0.15) is 65.3 Å². The van der Waals surface area contributed by atoms with E-state index in [-0.39, 0.29) is 36.0 Å². The highest BCUT2D eigenvalue weighted by Crippen LogP contribution is 2.39. The lowest BCUT2D eigenvalue weighted by atomic mass is 9.61. The third kappa shape index (κ3) is 14.9. The molecule has 451 valence electrons. The highest BCUT2D eigenvalue weighted by atomic mass is 32.2. The van der Waals surface area contributed by atoms with Crippen molar-refractivity contribution in [3.8, 4) is 11.1 Å². The van der Waals surface area contributed by atoms with Crippen molar-refractivity contribution in [3.05, 3.63) is 252 Å². The van der Waals surface area contributed by atoms with Crippen molar-refractivity contribution in [1.29, 1.82) is 0 Å². The molecule has 0 aliphatic carbocycles. The van der Waals surface area contributed by atoms with Gasteiger partial charge < -0.3 is 0 Å². The van der Waals surface area contributed by atoms with Gasteiger partial charge >= 0.3 is 0 Å². The maximum Gasteiger partial charge on any atom is 0.294 e. The van der Waals surface area contributed by atoms with Crippen LogP contribution in [0.25, 0.3) is 11.1 Å². The van der Waals surface area contributed by atoms with Crippen LogP contribution in [0.4, 0.5) is 0 Å². The van der Waals surface area contributed by atoms with E-state index < -0.39 is 50.7 Å². The van der Waals surface area contributed by atoms with Gasteiger partial charge in [-0.15, -0.1) is 13.2 Å². The minimum Gasteiger partial charge on any atom is -0.282 e. The Morgan fingerprint density at radius 2 is 0.889 bits per heavy atom. The van der Waals surface area contributed by atoms with Crippen LogP contribution >= 0.6 is 24.1 Å². The molecule has 5 radical (unpaired) electrons. The summed E-state index contributed by atoms with van der Waals surface area (Å²) in [6, 6.07) is 55.2. The molecule has 22 heteroatoms. The lowest BCUT2D eigenvalue weighted by Crippen LogP contribution is -2.33. The van der Waals surface area contributed by atoms with Crippen LogP contribution in [-0.4, -0.2) is 81.3 Å². The number of allylic oxidation sites excluding steroid dienone is 2. The Bertz CT molecular complexity index is 4460. The SMILES string of the molecule is C=CCc1cc([B]c2ccc(C(C)(c3ccc([B]C)cc3)c3ccc([B]C)cc3)cc2)ccc1C(C)(C)c1ccc([B]c2ccc(-c3ccc([B]c4ccc(S(=O)(=O)c5ccc(C)c(SOO)c5)cc4S(=O)(=O)O)c(SOO)c3)cc2S(=O)(=O)O)cc1CC=C. The van der Waals surface area contributed by atoms with Crippen molar-refractivity contribution >= 4 is 134 Å². The van der Waals surface area contributed by atoms with Crippen LogP contribution in [0.2, 0.25) is 13.6 Å². The molecule has 0 fully saturated rings. The number of hydrogen-bond donors (Lipinski definition) is 4. The molecular weight excluding hydrogens is 1220 g/mol. The molecule has 0 unspecified atom stereocenters. The minimum absolute atomic E-state index is 0.126. The summed E-state index contributed by atoms with van der Waals surface area (Å²) in [5, 5.41) is 18.6. The number of hydrogen-bond acceptors (Lipinski definition) is 12. The zero-order valence-corrected chi connectivity index (χ0v) is 54.4. The number of sulfone groups is 1. The molecule has 0 atom stereocenters. The van der Waals surface area contributed by atoms with Gasteiger partial charge in [-0.05, 0) is 119 Å². The third-order valence-electron chi connectivity index (χ3n) is 16.4. The molecule has 0 saturated heterocycles. The molecule has 9 aromatic rings.